The second-order valence-electron chi connectivity index (χ2n) is 14.0. The third-order valence-corrected chi connectivity index (χ3v) is 15.6. The first-order valence-electron chi connectivity index (χ1n) is 16.6. The maximum atomic E-state index is 5.49. The third-order valence-electron chi connectivity index (χ3n) is 10.1. The van der Waals surface area contributed by atoms with E-state index in [1.807, 2.05) is 11.3 Å². The van der Waals surface area contributed by atoms with Crippen LogP contribution in [0.2, 0.25) is 17.3 Å². The fourth-order valence-corrected chi connectivity index (χ4v) is 11.4. The van der Waals surface area contributed by atoms with Gasteiger partial charge in [0.2, 0.25) is 0 Å². The van der Waals surface area contributed by atoms with E-state index in [0.29, 0.717) is 0 Å². The molecule has 2 nitrogen and oxygen atoms in total. The van der Waals surface area contributed by atoms with E-state index in [9.17, 15) is 0 Å². The van der Waals surface area contributed by atoms with E-state index in [4.69, 9.17) is 4.98 Å². The van der Waals surface area contributed by atoms with Crippen LogP contribution >= 0.6 is 11.3 Å². The van der Waals surface area contributed by atoms with Crippen molar-refractivity contribution in [3.8, 4) is 11.4 Å². The minimum atomic E-state index is -1.96. The summed E-state index contributed by atoms with van der Waals surface area (Å²) < 4.78 is 6.60. The SMILES string of the molecule is [CH3][Ge]([CH3])([CH3])[c]1ccc2cc3c(cc2c1)sc1c(-c2nc4cccc5c6ccccc6c6ccccc6c6ccccc6n2c45)cccc13. The molecule has 0 aliphatic carbocycles. The number of benzene rings is 7. The number of hydrogen-bond donors (Lipinski definition) is 0. The third kappa shape index (κ3) is 4.08. The van der Waals surface area contributed by atoms with Gasteiger partial charge >= 0.3 is 186 Å². The van der Waals surface area contributed by atoms with Crippen LogP contribution in [-0.2, 0) is 0 Å². The van der Waals surface area contributed by atoms with Crippen molar-refractivity contribution < 1.29 is 0 Å². The zero-order valence-corrected chi connectivity index (χ0v) is 30.0. The number of hydrogen-bond acceptors (Lipinski definition) is 2. The van der Waals surface area contributed by atoms with Gasteiger partial charge in [-0.3, -0.25) is 0 Å². The van der Waals surface area contributed by atoms with Crippen molar-refractivity contribution in [2.45, 2.75) is 17.3 Å². The van der Waals surface area contributed by atoms with Crippen molar-refractivity contribution in [2.24, 2.45) is 0 Å². The van der Waals surface area contributed by atoms with Crippen LogP contribution in [0.15, 0.2) is 140 Å². The van der Waals surface area contributed by atoms with Crippen LogP contribution in [0.1, 0.15) is 0 Å². The van der Waals surface area contributed by atoms with Gasteiger partial charge in [-0.05, 0) is 21.5 Å². The van der Waals surface area contributed by atoms with Gasteiger partial charge in [-0.2, -0.15) is 0 Å². The average molecular weight is 693 g/mol. The van der Waals surface area contributed by atoms with Gasteiger partial charge in [0.15, 0.2) is 0 Å². The fourth-order valence-electron chi connectivity index (χ4n) is 7.74. The number of para-hydroxylation sites is 2. The molecule has 10 rings (SSSR count). The summed E-state index contributed by atoms with van der Waals surface area (Å²) in [6.45, 7) is 0. The van der Waals surface area contributed by atoms with E-state index < -0.39 is 13.3 Å². The standard InChI is InChI=1S/C44H32GeN2S/c1-45(2,3)29-23-22-27-25-38-36-18-10-19-37(43(36)48-41(38)26-28(27)24-29)44-46-39-20-11-17-35-33-15-7-5-13-31(33)30-12-4-6-14-32(30)34-16-8-9-21-40(34)47(44)42(35)39/h4-26H,1-3H3. The summed E-state index contributed by atoms with van der Waals surface area (Å²) in [5.74, 6) is 8.39. The molecule has 3 aromatic heterocycles. The molecule has 0 unspecified atom stereocenters. The topological polar surface area (TPSA) is 17.3 Å². The predicted molar refractivity (Wildman–Crippen MR) is 213 cm³/mol. The van der Waals surface area contributed by atoms with Gasteiger partial charge in [-0.15, -0.1) is 0 Å². The molecule has 3 heterocycles. The Labute approximate surface area is 284 Å². The summed E-state index contributed by atoms with van der Waals surface area (Å²) in [7, 11) is 0. The molecule has 0 radical (unpaired) electrons. The van der Waals surface area contributed by atoms with E-state index in [1.165, 1.54) is 68.8 Å². The molecule has 0 fully saturated rings. The Kier molecular flexibility index (Phi) is 6.01. The Morgan fingerprint density at radius 2 is 1.15 bits per heavy atom. The van der Waals surface area contributed by atoms with Crippen molar-refractivity contribution in [1.82, 2.24) is 9.38 Å². The molecule has 0 aliphatic rings. The Morgan fingerprint density at radius 1 is 0.521 bits per heavy atom. The second kappa shape index (κ2) is 10.3. The molecule has 10 aromatic rings. The van der Waals surface area contributed by atoms with Crippen molar-refractivity contribution >= 4 is 109 Å². The summed E-state index contributed by atoms with van der Waals surface area (Å²) >= 11 is -0.0586. The first-order chi connectivity index (χ1) is 23.4. The van der Waals surface area contributed by atoms with Crippen molar-refractivity contribution in [1.29, 1.82) is 0 Å². The van der Waals surface area contributed by atoms with Crippen molar-refractivity contribution in [2.75, 3.05) is 0 Å². The number of thiophene rings is 1. The zero-order valence-electron chi connectivity index (χ0n) is 27.1. The van der Waals surface area contributed by atoms with Crippen LogP contribution in [0.25, 0.3) is 91.2 Å². The molecular weight excluding hydrogens is 661 g/mol. The molecule has 4 heteroatoms. The Bertz CT molecular complexity index is 3000. The van der Waals surface area contributed by atoms with Gasteiger partial charge < -0.3 is 0 Å². The Balaban J connectivity index is 1.39. The molecule has 0 spiro atoms. The average Bonchev–Trinajstić information content (AvgIpc) is 3.69. The fraction of sp³-hybridized carbons (Fsp3) is 0.0682. The zero-order chi connectivity index (χ0) is 32.1. The van der Waals surface area contributed by atoms with Crippen molar-refractivity contribution in [3.05, 3.63) is 140 Å². The summed E-state index contributed by atoms with van der Waals surface area (Å²) in [6.07, 6.45) is 0. The van der Waals surface area contributed by atoms with Crippen LogP contribution in [-0.4, -0.2) is 22.7 Å². The van der Waals surface area contributed by atoms with E-state index >= 15 is 0 Å². The van der Waals surface area contributed by atoms with Gasteiger partial charge in [0.1, 0.15) is 0 Å². The molecule has 7 aromatic carbocycles. The van der Waals surface area contributed by atoms with Gasteiger partial charge in [0, 0.05) is 0 Å². The minimum absolute atomic E-state index is 0.978. The molecule has 0 saturated carbocycles. The number of imidazole rings is 1. The maximum absolute atomic E-state index is 5.49. The predicted octanol–water partition coefficient (Wildman–Crippen LogP) is 12.2. The van der Waals surface area contributed by atoms with Crippen LogP contribution < -0.4 is 4.40 Å². The summed E-state index contributed by atoms with van der Waals surface area (Å²) in [4.78, 5) is 5.49. The second-order valence-corrected chi connectivity index (χ2v) is 25.7. The number of nitrogens with zero attached hydrogens (tertiary/aromatic N) is 2. The number of fused-ring (bicyclic) bond motifs is 11. The van der Waals surface area contributed by atoms with E-state index in [1.54, 1.807) is 4.40 Å². The molecule has 0 N–H and O–H groups in total. The van der Waals surface area contributed by atoms with Gasteiger partial charge in [-0.25, -0.2) is 0 Å². The molecule has 48 heavy (non-hydrogen) atoms. The van der Waals surface area contributed by atoms with E-state index in [2.05, 4.69) is 161 Å². The molecule has 0 amide bonds. The van der Waals surface area contributed by atoms with E-state index in [-0.39, 0.29) is 0 Å². The normalized spacial score (nSPS) is 12.5. The molecule has 0 bridgehead atoms. The van der Waals surface area contributed by atoms with Gasteiger partial charge in [0.25, 0.3) is 0 Å². The molecule has 0 atom stereocenters. The summed E-state index contributed by atoms with van der Waals surface area (Å²) in [6, 6.07) is 51.9. The summed E-state index contributed by atoms with van der Waals surface area (Å²) in [5.41, 5.74) is 4.46. The summed E-state index contributed by atoms with van der Waals surface area (Å²) in [5, 5.41) is 12.6. The quantitative estimate of drug-likeness (QED) is 0.165. The monoisotopic (exact) mass is 694 g/mol. The molecule has 0 aliphatic heterocycles. The molecule has 0 saturated heterocycles. The van der Waals surface area contributed by atoms with Crippen molar-refractivity contribution in [3.63, 3.8) is 0 Å². The number of aromatic nitrogens is 2. The first kappa shape index (κ1) is 28.1. The van der Waals surface area contributed by atoms with Crippen LogP contribution in [0.3, 0.4) is 0 Å². The Hall–Kier alpha value is -4.97. The van der Waals surface area contributed by atoms with Gasteiger partial charge in [-0.1, -0.05) is 78.9 Å². The Morgan fingerprint density at radius 3 is 1.90 bits per heavy atom. The van der Waals surface area contributed by atoms with Gasteiger partial charge in [0.05, 0.1) is 0 Å². The van der Waals surface area contributed by atoms with Crippen LogP contribution in [0, 0.1) is 0 Å². The molecular formula is C44H32GeN2S. The first-order valence-corrected chi connectivity index (χ1v) is 24.8. The molecule has 228 valence electrons. The van der Waals surface area contributed by atoms with E-state index in [0.717, 1.165) is 22.4 Å². The number of rotatable bonds is 2. The van der Waals surface area contributed by atoms with Crippen LogP contribution in [0.4, 0.5) is 0 Å². The van der Waals surface area contributed by atoms with Crippen LogP contribution in [0.5, 0.6) is 0 Å².